The van der Waals surface area contributed by atoms with E-state index >= 15 is 0 Å². The van der Waals surface area contributed by atoms with Gasteiger partial charge in [0.2, 0.25) is 0 Å². The van der Waals surface area contributed by atoms with E-state index in [0.717, 1.165) is 5.56 Å². The van der Waals surface area contributed by atoms with E-state index in [9.17, 15) is 4.79 Å². The van der Waals surface area contributed by atoms with Gasteiger partial charge in [0.05, 0.1) is 19.1 Å². The maximum atomic E-state index is 11.2. The van der Waals surface area contributed by atoms with Crippen molar-refractivity contribution < 1.29 is 14.3 Å². The normalized spacial score (nSPS) is 14.1. The van der Waals surface area contributed by atoms with Crippen LogP contribution in [0.25, 0.3) is 0 Å². The number of benzene rings is 1. The summed E-state index contributed by atoms with van der Waals surface area (Å²) in [4.78, 5) is 11.2. The molecular weight excluding hydrogens is 240 g/mol. The molecule has 3 nitrogen and oxygen atoms in total. The quantitative estimate of drug-likeness (QED) is 0.579. The number of esters is 1. The fourth-order valence-corrected chi connectivity index (χ4v) is 1.71. The zero-order chi connectivity index (χ0) is 12.7. The molecule has 94 valence electrons. The van der Waals surface area contributed by atoms with Crippen LogP contribution in [0, 0.1) is 0 Å². The Balaban J connectivity index is 2.41. The van der Waals surface area contributed by atoms with E-state index in [2.05, 4.69) is 0 Å². The predicted molar refractivity (Wildman–Crippen MR) is 66.8 cm³/mol. The summed E-state index contributed by atoms with van der Waals surface area (Å²) in [5, 5.41) is 0. The molecule has 17 heavy (non-hydrogen) atoms. The van der Waals surface area contributed by atoms with Crippen molar-refractivity contribution in [2.45, 2.75) is 31.9 Å². The van der Waals surface area contributed by atoms with Gasteiger partial charge in [-0.25, -0.2) is 0 Å². The molecule has 0 bridgehead atoms. The first-order chi connectivity index (χ1) is 8.13. The monoisotopic (exact) mass is 256 g/mol. The van der Waals surface area contributed by atoms with Crippen LogP contribution in [-0.4, -0.2) is 18.7 Å². The third kappa shape index (κ3) is 5.20. The molecule has 0 saturated heterocycles. The van der Waals surface area contributed by atoms with Crippen molar-refractivity contribution in [2.75, 3.05) is 6.61 Å². The smallest absolute Gasteiger partial charge is 0.308 e. The average Bonchev–Trinajstić information content (AvgIpc) is 2.30. The molecule has 1 aromatic rings. The number of carbonyl (C=O) groups excluding carboxylic acids is 1. The average molecular weight is 257 g/mol. The van der Waals surface area contributed by atoms with Gasteiger partial charge in [-0.3, -0.25) is 4.79 Å². The maximum absolute atomic E-state index is 11.2. The molecule has 0 saturated carbocycles. The lowest BCUT2D eigenvalue weighted by Gasteiger charge is -2.17. The Morgan fingerprint density at radius 3 is 2.59 bits per heavy atom. The van der Waals surface area contributed by atoms with Crippen LogP contribution in [-0.2, 0) is 14.3 Å². The van der Waals surface area contributed by atoms with Gasteiger partial charge in [-0.1, -0.05) is 41.9 Å². The molecule has 0 aromatic heterocycles. The van der Waals surface area contributed by atoms with Gasteiger partial charge in [-0.2, -0.15) is 0 Å². The summed E-state index contributed by atoms with van der Waals surface area (Å²) in [5.41, 5.74) is 0.338. The molecule has 4 heteroatoms. The maximum Gasteiger partial charge on any atom is 0.308 e. The molecule has 1 rings (SSSR count). The zero-order valence-corrected chi connectivity index (χ0v) is 10.8. The van der Waals surface area contributed by atoms with Gasteiger partial charge >= 0.3 is 5.97 Å². The van der Waals surface area contributed by atoms with Crippen LogP contribution in [0.15, 0.2) is 30.3 Å². The van der Waals surface area contributed by atoms with Crippen molar-refractivity contribution >= 4 is 17.6 Å². The van der Waals surface area contributed by atoms with E-state index in [1.165, 1.54) is 0 Å². The highest BCUT2D eigenvalue weighted by atomic mass is 35.5. The lowest BCUT2D eigenvalue weighted by atomic mass is 10.2. The SMILES string of the molecule is CCOC(=O)CC(C)OC(Cl)c1ccccc1. The van der Waals surface area contributed by atoms with Crippen molar-refractivity contribution in [1.29, 1.82) is 0 Å². The summed E-state index contributed by atoms with van der Waals surface area (Å²) in [6.07, 6.45) is -0.0547. The van der Waals surface area contributed by atoms with E-state index in [-0.39, 0.29) is 18.5 Å². The van der Waals surface area contributed by atoms with Crippen molar-refractivity contribution in [3.63, 3.8) is 0 Å². The molecule has 2 atom stereocenters. The molecule has 0 aliphatic rings. The topological polar surface area (TPSA) is 35.5 Å². The molecular formula is C13H17ClO3. The number of rotatable bonds is 6. The summed E-state index contributed by atoms with van der Waals surface area (Å²) in [6, 6.07) is 9.47. The van der Waals surface area contributed by atoms with Gasteiger partial charge < -0.3 is 9.47 Å². The lowest BCUT2D eigenvalue weighted by molar-refractivity contribution is -0.146. The van der Waals surface area contributed by atoms with Gasteiger partial charge in [-0.05, 0) is 19.4 Å². The Morgan fingerprint density at radius 1 is 1.35 bits per heavy atom. The van der Waals surface area contributed by atoms with Crippen LogP contribution in [0.5, 0.6) is 0 Å². The van der Waals surface area contributed by atoms with E-state index in [1.54, 1.807) is 13.8 Å². The van der Waals surface area contributed by atoms with E-state index in [4.69, 9.17) is 21.1 Å². The minimum absolute atomic E-state index is 0.212. The molecule has 0 N–H and O–H groups in total. The van der Waals surface area contributed by atoms with Gasteiger partial charge in [0, 0.05) is 0 Å². The molecule has 0 amide bonds. The molecule has 0 radical (unpaired) electrons. The first kappa shape index (κ1) is 14.0. The van der Waals surface area contributed by atoms with Crippen molar-refractivity contribution in [3.8, 4) is 0 Å². The molecule has 0 spiro atoms. The number of hydrogen-bond donors (Lipinski definition) is 0. The van der Waals surface area contributed by atoms with Crippen LogP contribution in [0.4, 0.5) is 0 Å². The molecule has 0 fully saturated rings. The summed E-state index contributed by atoms with van der Waals surface area (Å²) in [7, 11) is 0. The molecule has 0 aliphatic carbocycles. The highest BCUT2D eigenvalue weighted by Gasteiger charge is 2.15. The highest BCUT2D eigenvalue weighted by Crippen LogP contribution is 2.23. The van der Waals surface area contributed by atoms with Crippen LogP contribution in [0.2, 0.25) is 0 Å². The second kappa shape index (κ2) is 7.30. The number of ether oxygens (including phenoxy) is 2. The zero-order valence-electron chi connectivity index (χ0n) is 10.1. The fraction of sp³-hybridized carbons (Fsp3) is 0.462. The third-order valence-corrected chi connectivity index (χ3v) is 2.53. The number of alkyl halides is 1. The minimum atomic E-state index is -0.541. The summed E-state index contributed by atoms with van der Waals surface area (Å²) in [5.74, 6) is -0.267. The Labute approximate surface area is 107 Å². The number of halogens is 1. The summed E-state index contributed by atoms with van der Waals surface area (Å²) >= 11 is 6.09. The molecule has 0 heterocycles. The van der Waals surface area contributed by atoms with Crippen LogP contribution >= 0.6 is 11.6 Å². The lowest BCUT2D eigenvalue weighted by Crippen LogP contribution is -2.17. The third-order valence-electron chi connectivity index (χ3n) is 2.17. The Hall–Kier alpha value is -1.06. The standard InChI is InChI=1S/C13H17ClO3/c1-3-16-12(15)9-10(2)17-13(14)11-7-5-4-6-8-11/h4-8,10,13H,3,9H2,1-2H3. The first-order valence-corrected chi connectivity index (χ1v) is 6.07. The fourth-order valence-electron chi connectivity index (χ4n) is 1.39. The molecule has 0 aliphatic heterocycles. The number of carbonyl (C=O) groups is 1. The Bertz CT molecular complexity index is 340. The van der Waals surface area contributed by atoms with Gasteiger partial charge in [0.15, 0.2) is 5.56 Å². The first-order valence-electron chi connectivity index (χ1n) is 5.63. The van der Waals surface area contributed by atoms with Crippen molar-refractivity contribution in [3.05, 3.63) is 35.9 Å². The summed E-state index contributed by atoms with van der Waals surface area (Å²) in [6.45, 7) is 3.96. The van der Waals surface area contributed by atoms with Crippen LogP contribution in [0.1, 0.15) is 31.4 Å². The van der Waals surface area contributed by atoms with Crippen molar-refractivity contribution in [2.24, 2.45) is 0 Å². The Morgan fingerprint density at radius 2 is 2.00 bits per heavy atom. The van der Waals surface area contributed by atoms with E-state index < -0.39 is 5.56 Å². The van der Waals surface area contributed by atoms with Crippen LogP contribution < -0.4 is 0 Å². The second-order valence-corrected chi connectivity index (χ2v) is 4.08. The van der Waals surface area contributed by atoms with E-state index in [0.29, 0.717) is 6.61 Å². The minimum Gasteiger partial charge on any atom is -0.466 e. The second-order valence-electron chi connectivity index (χ2n) is 3.68. The van der Waals surface area contributed by atoms with Crippen LogP contribution in [0.3, 0.4) is 0 Å². The summed E-state index contributed by atoms with van der Waals surface area (Å²) < 4.78 is 10.4. The Kier molecular flexibility index (Phi) is 6.01. The van der Waals surface area contributed by atoms with E-state index in [1.807, 2.05) is 30.3 Å². The van der Waals surface area contributed by atoms with Gasteiger partial charge in [0.25, 0.3) is 0 Å². The van der Waals surface area contributed by atoms with Gasteiger partial charge in [-0.15, -0.1) is 0 Å². The largest absolute Gasteiger partial charge is 0.466 e. The van der Waals surface area contributed by atoms with Gasteiger partial charge in [0.1, 0.15) is 0 Å². The highest BCUT2D eigenvalue weighted by molar-refractivity contribution is 6.19. The molecule has 2 unspecified atom stereocenters. The molecule has 1 aromatic carbocycles. The predicted octanol–water partition coefficient (Wildman–Crippen LogP) is 3.28. The van der Waals surface area contributed by atoms with Crippen molar-refractivity contribution in [1.82, 2.24) is 0 Å². The number of hydrogen-bond acceptors (Lipinski definition) is 3.